The Morgan fingerprint density at radius 2 is 1.78 bits per heavy atom. The Morgan fingerprint density at radius 1 is 0.963 bits per heavy atom. The number of benzene rings is 2. The summed E-state index contributed by atoms with van der Waals surface area (Å²) in [7, 11) is 1.56. The van der Waals surface area contributed by atoms with Gasteiger partial charge in [-0.25, -0.2) is 9.97 Å². The molecule has 0 atom stereocenters. The molecule has 0 bridgehead atoms. The number of aromatic nitrogens is 2. The van der Waals surface area contributed by atoms with E-state index in [1.807, 2.05) is 43.3 Å². The van der Waals surface area contributed by atoms with Crippen LogP contribution in [0.2, 0.25) is 0 Å². The van der Waals surface area contributed by atoms with Crippen molar-refractivity contribution in [2.45, 2.75) is 20.8 Å². The van der Waals surface area contributed by atoms with Crippen molar-refractivity contribution in [3.63, 3.8) is 0 Å². The van der Waals surface area contributed by atoms with Crippen molar-refractivity contribution in [2.75, 3.05) is 17.7 Å². The monoisotopic (exact) mass is 362 g/mol. The highest BCUT2D eigenvalue weighted by atomic mass is 16.5. The van der Waals surface area contributed by atoms with Crippen LogP contribution >= 0.6 is 0 Å². The highest BCUT2D eigenvalue weighted by Crippen LogP contribution is 2.25. The molecule has 0 aliphatic carbocycles. The Hall–Kier alpha value is -3.41. The van der Waals surface area contributed by atoms with Crippen LogP contribution in [0.25, 0.3) is 0 Å². The molecule has 2 N–H and O–H groups in total. The Balaban J connectivity index is 1.72. The molecule has 1 amide bonds. The summed E-state index contributed by atoms with van der Waals surface area (Å²) in [5.74, 6) is 0.821. The number of carbonyl (C=O) groups is 1. The molecular weight excluding hydrogens is 340 g/mol. The molecule has 0 aliphatic rings. The van der Waals surface area contributed by atoms with Gasteiger partial charge in [0, 0.05) is 5.69 Å². The van der Waals surface area contributed by atoms with Gasteiger partial charge in [0.25, 0.3) is 5.91 Å². The Bertz CT molecular complexity index is 968. The SMILES string of the molecule is COc1ccc(C)cc1NC(=O)c1cnc(Nc2ccc(C)c(C)c2)cn1. The molecule has 3 rings (SSSR count). The smallest absolute Gasteiger partial charge is 0.275 e. The van der Waals surface area contributed by atoms with Crippen LogP contribution in [0.5, 0.6) is 5.75 Å². The maximum Gasteiger partial charge on any atom is 0.275 e. The van der Waals surface area contributed by atoms with Crippen molar-refractivity contribution in [1.82, 2.24) is 9.97 Å². The standard InChI is InChI=1S/C21H22N4O2/c1-13-5-8-19(27-4)17(9-13)25-21(26)18-11-23-20(12-22-18)24-16-7-6-14(2)15(3)10-16/h5-12H,1-4H3,(H,23,24)(H,25,26). The third-order valence-electron chi connectivity index (χ3n) is 4.27. The molecular formula is C21H22N4O2. The lowest BCUT2D eigenvalue weighted by Gasteiger charge is -2.11. The molecule has 1 heterocycles. The molecule has 27 heavy (non-hydrogen) atoms. The van der Waals surface area contributed by atoms with Gasteiger partial charge < -0.3 is 15.4 Å². The van der Waals surface area contributed by atoms with Crippen molar-refractivity contribution in [3.05, 3.63) is 71.2 Å². The molecule has 0 spiro atoms. The number of ether oxygens (including phenoxy) is 1. The Labute approximate surface area is 158 Å². The summed E-state index contributed by atoms with van der Waals surface area (Å²) < 4.78 is 5.28. The summed E-state index contributed by atoms with van der Waals surface area (Å²) >= 11 is 0. The van der Waals surface area contributed by atoms with E-state index in [9.17, 15) is 4.79 Å². The molecule has 0 radical (unpaired) electrons. The summed E-state index contributed by atoms with van der Waals surface area (Å²) in [6.07, 6.45) is 2.98. The third kappa shape index (κ3) is 4.41. The number of amides is 1. The first-order chi connectivity index (χ1) is 13.0. The van der Waals surface area contributed by atoms with E-state index < -0.39 is 0 Å². The van der Waals surface area contributed by atoms with E-state index in [1.54, 1.807) is 7.11 Å². The molecule has 0 saturated carbocycles. The van der Waals surface area contributed by atoms with Crippen LogP contribution in [0.1, 0.15) is 27.2 Å². The Kier molecular flexibility index (Phi) is 5.35. The van der Waals surface area contributed by atoms with Crippen LogP contribution in [0.4, 0.5) is 17.2 Å². The van der Waals surface area contributed by atoms with Gasteiger partial charge in [0.15, 0.2) is 0 Å². The Morgan fingerprint density at radius 3 is 2.44 bits per heavy atom. The molecule has 2 aromatic carbocycles. The molecule has 0 aliphatic heterocycles. The number of carbonyl (C=O) groups excluding carboxylic acids is 1. The number of hydrogen-bond donors (Lipinski definition) is 2. The van der Waals surface area contributed by atoms with Gasteiger partial charge in [0.1, 0.15) is 17.3 Å². The zero-order valence-corrected chi connectivity index (χ0v) is 15.8. The average molecular weight is 362 g/mol. The number of aryl methyl sites for hydroxylation is 3. The normalized spacial score (nSPS) is 10.4. The van der Waals surface area contributed by atoms with Crippen molar-refractivity contribution in [1.29, 1.82) is 0 Å². The highest BCUT2D eigenvalue weighted by Gasteiger charge is 2.12. The first kappa shape index (κ1) is 18.4. The second-order valence-corrected chi connectivity index (χ2v) is 6.37. The van der Waals surface area contributed by atoms with Gasteiger partial charge in [-0.05, 0) is 61.7 Å². The van der Waals surface area contributed by atoms with Gasteiger partial charge in [-0.15, -0.1) is 0 Å². The molecule has 0 saturated heterocycles. The molecule has 0 unspecified atom stereocenters. The van der Waals surface area contributed by atoms with Crippen LogP contribution in [0, 0.1) is 20.8 Å². The van der Waals surface area contributed by atoms with Crippen LogP contribution in [-0.2, 0) is 0 Å². The minimum Gasteiger partial charge on any atom is -0.495 e. The lowest BCUT2D eigenvalue weighted by molar-refractivity contribution is 0.102. The lowest BCUT2D eigenvalue weighted by atomic mass is 10.1. The van der Waals surface area contributed by atoms with Gasteiger partial charge in [0.05, 0.1) is 25.2 Å². The third-order valence-corrected chi connectivity index (χ3v) is 4.27. The van der Waals surface area contributed by atoms with Gasteiger partial charge in [-0.2, -0.15) is 0 Å². The van der Waals surface area contributed by atoms with Crippen molar-refractivity contribution in [3.8, 4) is 5.75 Å². The average Bonchev–Trinajstić information content (AvgIpc) is 2.65. The maximum atomic E-state index is 12.5. The second-order valence-electron chi connectivity index (χ2n) is 6.37. The summed E-state index contributed by atoms with van der Waals surface area (Å²) in [6.45, 7) is 6.07. The van der Waals surface area contributed by atoms with E-state index >= 15 is 0 Å². The fourth-order valence-electron chi connectivity index (χ4n) is 2.58. The number of rotatable bonds is 5. The molecule has 6 heteroatoms. The van der Waals surface area contributed by atoms with Crippen LogP contribution < -0.4 is 15.4 Å². The van der Waals surface area contributed by atoms with E-state index in [2.05, 4.69) is 34.4 Å². The highest BCUT2D eigenvalue weighted by molar-refractivity contribution is 6.03. The fraction of sp³-hybridized carbons (Fsp3) is 0.190. The van der Waals surface area contributed by atoms with Gasteiger partial charge >= 0.3 is 0 Å². The fourth-order valence-corrected chi connectivity index (χ4v) is 2.58. The van der Waals surface area contributed by atoms with Gasteiger partial charge in [0.2, 0.25) is 0 Å². The van der Waals surface area contributed by atoms with E-state index in [4.69, 9.17) is 4.74 Å². The largest absolute Gasteiger partial charge is 0.495 e. The van der Waals surface area contributed by atoms with E-state index in [0.717, 1.165) is 11.3 Å². The molecule has 3 aromatic rings. The molecule has 1 aromatic heterocycles. The first-order valence-electron chi connectivity index (χ1n) is 8.58. The van der Waals surface area contributed by atoms with Gasteiger partial charge in [-0.1, -0.05) is 12.1 Å². The van der Waals surface area contributed by atoms with Gasteiger partial charge in [-0.3, -0.25) is 4.79 Å². The van der Waals surface area contributed by atoms with Crippen molar-refractivity contribution < 1.29 is 9.53 Å². The molecule has 0 fully saturated rings. The number of nitrogens with one attached hydrogen (secondary N) is 2. The van der Waals surface area contributed by atoms with Crippen molar-refractivity contribution >= 4 is 23.1 Å². The zero-order chi connectivity index (χ0) is 19.4. The summed E-state index contributed by atoms with van der Waals surface area (Å²) in [4.78, 5) is 20.9. The molecule has 138 valence electrons. The predicted octanol–water partition coefficient (Wildman–Crippen LogP) is 4.41. The second kappa shape index (κ2) is 7.86. The number of hydrogen-bond acceptors (Lipinski definition) is 5. The zero-order valence-electron chi connectivity index (χ0n) is 15.8. The maximum absolute atomic E-state index is 12.5. The van der Waals surface area contributed by atoms with E-state index in [-0.39, 0.29) is 11.6 Å². The summed E-state index contributed by atoms with van der Waals surface area (Å²) in [5, 5.41) is 6.00. The quantitative estimate of drug-likeness (QED) is 0.703. The van der Waals surface area contributed by atoms with E-state index in [1.165, 1.54) is 23.5 Å². The van der Waals surface area contributed by atoms with Crippen LogP contribution in [-0.4, -0.2) is 23.0 Å². The topological polar surface area (TPSA) is 76.1 Å². The summed E-state index contributed by atoms with van der Waals surface area (Å²) in [5.41, 5.74) is 5.19. The number of nitrogens with zero attached hydrogens (tertiary/aromatic N) is 2. The predicted molar refractivity (Wildman–Crippen MR) is 107 cm³/mol. The lowest BCUT2D eigenvalue weighted by Crippen LogP contribution is -2.15. The number of methoxy groups -OCH3 is 1. The van der Waals surface area contributed by atoms with E-state index in [0.29, 0.717) is 17.3 Å². The molecule has 6 nitrogen and oxygen atoms in total. The minimum atomic E-state index is -0.343. The van der Waals surface area contributed by atoms with Crippen LogP contribution in [0.15, 0.2) is 48.8 Å². The summed E-state index contributed by atoms with van der Waals surface area (Å²) in [6, 6.07) is 11.6. The van der Waals surface area contributed by atoms with Crippen LogP contribution in [0.3, 0.4) is 0 Å². The number of anilines is 3. The van der Waals surface area contributed by atoms with Crippen molar-refractivity contribution in [2.24, 2.45) is 0 Å². The minimum absolute atomic E-state index is 0.226. The first-order valence-corrected chi connectivity index (χ1v) is 8.58.